The smallest absolute Gasteiger partial charge is 0.339 e. The van der Waals surface area contributed by atoms with Crippen LogP contribution >= 0.6 is 31.9 Å². The Morgan fingerprint density at radius 3 is 2.47 bits per heavy atom. The molecule has 0 saturated carbocycles. The molecule has 0 aliphatic rings. The molecular weight excluding hydrogens is 383 g/mol. The monoisotopic (exact) mass is 388 g/mol. The molecule has 19 heavy (non-hydrogen) atoms. The summed E-state index contributed by atoms with van der Waals surface area (Å²) in [7, 11) is 0. The summed E-state index contributed by atoms with van der Waals surface area (Å²) < 4.78 is 19.6. The van der Waals surface area contributed by atoms with Gasteiger partial charge in [0.15, 0.2) is 0 Å². The van der Waals surface area contributed by atoms with Crippen LogP contribution in [-0.2, 0) is 0 Å². The lowest BCUT2D eigenvalue weighted by molar-refractivity contribution is 0.0694. The summed E-state index contributed by atoms with van der Waals surface area (Å²) in [6.45, 7) is 0. The molecule has 0 saturated heterocycles. The fraction of sp³-hybridized carbons (Fsp3) is 0. The van der Waals surface area contributed by atoms with Gasteiger partial charge in [-0.25, -0.2) is 9.18 Å². The summed E-state index contributed by atoms with van der Waals surface area (Å²) in [5, 5.41) is 9.08. The van der Waals surface area contributed by atoms with Gasteiger partial charge in [-0.3, -0.25) is 0 Å². The Morgan fingerprint density at radius 2 is 1.84 bits per heavy atom. The molecule has 98 valence electrons. The van der Waals surface area contributed by atoms with Crippen molar-refractivity contribution in [3.63, 3.8) is 0 Å². The van der Waals surface area contributed by atoms with Crippen LogP contribution in [0, 0.1) is 5.82 Å². The molecule has 0 unspecified atom stereocenters. The number of carboxylic acid groups (broad SMARTS) is 1. The van der Waals surface area contributed by atoms with Gasteiger partial charge in [-0.15, -0.1) is 0 Å². The number of rotatable bonds is 3. The maximum absolute atomic E-state index is 13.0. The predicted molar refractivity (Wildman–Crippen MR) is 75.3 cm³/mol. The Hall–Kier alpha value is -1.40. The van der Waals surface area contributed by atoms with Gasteiger partial charge in [0.2, 0.25) is 0 Å². The van der Waals surface area contributed by atoms with E-state index in [-0.39, 0.29) is 11.3 Å². The number of aromatic carboxylic acids is 1. The molecule has 0 bridgehead atoms. The zero-order chi connectivity index (χ0) is 14.0. The lowest BCUT2D eigenvalue weighted by Gasteiger charge is -2.10. The molecule has 1 N–H and O–H groups in total. The summed E-state index contributed by atoms with van der Waals surface area (Å²) in [6, 6.07) is 8.48. The van der Waals surface area contributed by atoms with Crippen LogP contribution < -0.4 is 4.74 Å². The standard InChI is InChI=1S/C13H7Br2FO3/c14-7-1-3-9(13(17)18)12(5-7)19-11-4-2-8(16)6-10(11)15/h1-6H,(H,17,18). The Morgan fingerprint density at radius 1 is 1.11 bits per heavy atom. The lowest BCUT2D eigenvalue weighted by Crippen LogP contribution is -2.00. The van der Waals surface area contributed by atoms with Gasteiger partial charge in [-0.05, 0) is 52.3 Å². The molecule has 0 aliphatic carbocycles. The highest BCUT2D eigenvalue weighted by Gasteiger charge is 2.14. The minimum atomic E-state index is -1.10. The highest BCUT2D eigenvalue weighted by atomic mass is 79.9. The van der Waals surface area contributed by atoms with E-state index in [0.717, 1.165) is 0 Å². The molecule has 0 amide bonds. The Labute approximate surface area is 125 Å². The molecule has 0 spiro atoms. The van der Waals surface area contributed by atoms with Crippen molar-refractivity contribution in [3.8, 4) is 11.5 Å². The molecular formula is C13H7Br2FO3. The van der Waals surface area contributed by atoms with E-state index >= 15 is 0 Å². The summed E-state index contributed by atoms with van der Waals surface area (Å²) in [6.07, 6.45) is 0. The molecule has 2 rings (SSSR count). The van der Waals surface area contributed by atoms with Crippen LogP contribution in [0.15, 0.2) is 45.3 Å². The van der Waals surface area contributed by atoms with Gasteiger partial charge < -0.3 is 9.84 Å². The molecule has 6 heteroatoms. The average molecular weight is 390 g/mol. The first-order valence-electron chi connectivity index (χ1n) is 5.13. The maximum Gasteiger partial charge on any atom is 0.339 e. The Balaban J connectivity index is 2.42. The van der Waals surface area contributed by atoms with Gasteiger partial charge >= 0.3 is 5.97 Å². The first-order chi connectivity index (χ1) is 8.97. The van der Waals surface area contributed by atoms with Crippen LogP contribution in [0.2, 0.25) is 0 Å². The third kappa shape index (κ3) is 3.33. The number of halogens is 3. The van der Waals surface area contributed by atoms with E-state index in [1.165, 1.54) is 24.3 Å². The van der Waals surface area contributed by atoms with Gasteiger partial charge in [0.05, 0.1) is 4.47 Å². The Kier molecular flexibility index (Phi) is 4.21. The predicted octanol–water partition coefficient (Wildman–Crippen LogP) is 4.84. The van der Waals surface area contributed by atoms with E-state index in [2.05, 4.69) is 31.9 Å². The number of ether oxygens (including phenoxy) is 1. The van der Waals surface area contributed by atoms with E-state index in [4.69, 9.17) is 9.84 Å². The number of benzene rings is 2. The van der Waals surface area contributed by atoms with Crippen LogP contribution in [-0.4, -0.2) is 11.1 Å². The second kappa shape index (κ2) is 5.71. The first kappa shape index (κ1) is 14.0. The zero-order valence-corrected chi connectivity index (χ0v) is 12.5. The van der Waals surface area contributed by atoms with Crippen molar-refractivity contribution in [2.24, 2.45) is 0 Å². The number of hydrogen-bond donors (Lipinski definition) is 1. The van der Waals surface area contributed by atoms with Crippen LogP contribution in [0.25, 0.3) is 0 Å². The summed E-state index contributed by atoms with van der Waals surface area (Å²) >= 11 is 6.40. The van der Waals surface area contributed by atoms with Crippen LogP contribution in [0.3, 0.4) is 0 Å². The largest absolute Gasteiger partial charge is 0.478 e. The van der Waals surface area contributed by atoms with E-state index in [0.29, 0.717) is 14.7 Å². The number of carboxylic acids is 1. The van der Waals surface area contributed by atoms with E-state index in [1.54, 1.807) is 12.1 Å². The minimum Gasteiger partial charge on any atom is -0.478 e. The molecule has 0 atom stereocenters. The number of hydrogen-bond acceptors (Lipinski definition) is 2. The first-order valence-corrected chi connectivity index (χ1v) is 6.71. The van der Waals surface area contributed by atoms with Crippen LogP contribution in [0.4, 0.5) is 4.39 Å². The molecule has 0 fully saturated rings. The SMILES string of the molecule is O=C(O)c1ccc(Br)cc1Oc1ccc(F)cc1Br. The van der Waals surface area contributed by atoms with Crippen molar-refractivity contribution in [2.75, 3.05) is 0 Å². The molecule has 3 nitrogen and oxygen atoms in total. The zero-order valence-electron chi connectivity index (χ0n) is 9.36. The van der Waals surface area contributed by atoms with E-state index in [9.17, 15) is 9.18 Å². The van der Waals surface area contributed by atoms with Gasteiger partial charge in [-0.2, -0.15) is 0 Å². The van der Waals surface area contributed by atoms with Crippen molar-refractivity contribution in [2.45, 2.75) is 0 Å². The lowest BCUT2D eigenvalue weighted by atomic mass is 10.2. The highest BCUT2D eigenvalue weighted by molar-refractivity contribution is 9.10. The topological polar surface area (TPSA) is 46.5 Å². The quantitative estimate of drug-likeness (QED) is 0.816. The van der Waals surface area contributed by atoms with Crippen LogP contribution in [0.5, 0.6) is 11.5 Å². The molecule has 2 aromatic rings. The third-order valence-corrected chi connectivity index (χ3v) is 3.40. The minimum absolute atomic E-state index is 0.0272. The fourth-order valence-electron chi connectivity index (χ4n) is 1.43. The van der Waals surface area contributed by atoms with Crippen molar-refractivity contribution >= 4 is 37.8 Å². The van der Waals surface area contributed by atoms with Crippen molar-refractivity contribution in [3.05, 3.63) is 56.7 Å². The molecule has 0 heterocycles. The highest BCUT2D eigenvalue weighted by Crippen LogP contribution is 2.33. The van der Waals surface area contributed by atoms with Gasteiger partial charge in [-0.1, -0.05) is 15.9 Å². The maximum atomic E-state index is 13.0. The second-order valence-corrected chi connectivity index (χ2v) is 5.39. The Bertz CT molecular complexity index is 644. The van der Waals surface area contributed by atoms with Crippen LogP contribution in [0.1, 0.15) is 10.4 Å². The molecule has 0 radical (unpaired) electrons. The fourth-order valence-corrected chi connectivity index (χ4v) is 2.21. The van der Waals surface area contributed by atoms with E-state index < -0.39 is 11.8 Å². The summed E-state index contributed by atoms with van der Waals surface area (Å²) in [5.74, 6) is -0.996. The number of carbonyl (C=O) groups is 1. The molecule has 0 aliphatic heterocycles. The van der Waals surface area contributed by atoms with Gasteiger partial charge in [0.1, 0.15) is 22.9 Å². The molecule has 0 aromatic heterocycles. The normalized spacial score (nSPS) is 10.3. The van der Waals surface area contributed by atoms with Crippen molar-refractivity contribution < 1.29 is 19.0 Å². The summed E-state index contributed by atoms with van der Waals surface area (Å²) in [5.41, 5.74) is 0.0272. The van der Waals surface area contributed by atoms with Crippen molar-refractivity contribution in [1.82, 2.24) is 0 Å². The summed E-state index contributed by atoms with van der Waals surface area (Å²) in [4.78, 5) is 11.1. The van der Waals surface area contributed by atoms with E-state index in [1.807, 2.05) is 0 Å². The second-order valence-electron chi connectivity index (χ2n) is 3.62. The van der Waals surface area contributed by atoms with Gasteiger partial charge in [0, 0.05) is 4.47 Å². The van der Waals surface area contributed by atoms with Gasteiger partial charge in [0.25, 0.3) is 0 Å². The third-order valence-electron chi connectivity index (χ3n) is 2.29. The average Bonchev–Trinajstić information content (AvgIpc) is 2.32. The van der Waals surface area contributed by atoms with Crippen molar-refractivity contribution in [1.29, 1.82) is 0 Å². The molecule has 2 aromatic carbocycles.